The van der Waals surface area contributed by atoms with Gasteiger partial charge < -0.3 is 9.47 Å². The molecule has 0 aliphatic carbocycles. The van der Waals surface area contributed by atoms with Crippen LogP contribution in [0.3, 0.4) is 0 Å². The minimum atomic E-state index is 0.785. The Hall–Kier alpha value is -1.28. The van der Waals surface area contributed by atoms with Crippen LogP contribution in [0.4, 0.5) is 0 Å². The Bertz CT molecular complexity index is 320. The standard InChI is InChI=1S/C15H22O2/c1-3-14-9-8-10-15(13-14)17-12-7-5-4-6-11-16-2/h3,8-10,13H,1,4-7,11-12H2,2H3. The Morgan fingerprint density at radius 1 is 1.12 bits per heavy atom. The second kappa shape index (κ2) is 8.82. The largest absolute Gasteiger partial charge is 0.494 e. The van der Waals surface area contributed by atoms with Crippen molar-refractivity contribution in [1.82, 2.24) is 0 Å². The maximum absolute atomic E-state index is 5.68. The van der Waals surface area contributed by atoms with Gasteiger partial charge in [-0.3, -0.25) is 0 Å². The van der Waals surface area contributed by atoms with E-state index in [1.54, 1.807) is 7.11 Å². The molecule has 0 unspecified atom stereocenters. The van der Waals surface area contributed by atoms with E-state index < -0.39 is 0 Å². The minimum Gasteiger partial charge on any atom is -0.494 e. The lowest BCUT2D eigenvalue weighted by atomic mass is 10.2. The molecule has 2 heteroatoms. The molecule has 94 valence electrons. The summed E-state index contributed by atoms with van der Waals surface area (Å²) in [5.74, 6) is 0.930. The normalized spacial score (nSPS) is 10.2. The third kappa shape index (κ3) is 6.12. The Kier molecular flexibility index (Phi) is 7.15. The molecule has 1 rings (SSSR count). The highest BCUT2D eigenvalue weighted by Crippen LogP contribution is 2.14. The highest BCUT2D eigenvalue weighted by molar-refractivity contribution is 5.49. The summed E-state index contributed by atoms with van der Waals surface area (Å²) in [6, 6.07) is 8.01. The van der Waals surface area contributed by atoms with E-state index in [9.17, 15) is 0 Å². The molecule has 0 heterocycles. The molecule has 0 amide bonds. The van der Waals surface area contributed by atoms with Gasteiger partial charge in [-0.05, 0) is 37.0 Å². The van der Waals surface area contributed by atoms with Crippen LogP contribution in [0, 0.1) is 0 Å². The fourth-order valence-corrected chi connectivity index (χ4v) is 1.62. The van der Waals surface area contributed by atoms with Crippen molar-refractivity contribution in [2.45, 2.75) is 25.7 Å². The Labute approximate surface area is 104 Å². The van der Waals surface area contributed by atoms with Gasteiger partial charge in [-0.25, -0.2) is 0 Å². The van der Waals surface area contributed by atoms with Crippen molar-refractivity contribution in [2.24, 2.45) is 0 Å². The first-order valence-corrected chi connectivity index (χ1v) is 6.21. The average Bonchev–Trinajstić information content (AvgIpc) is 2.38. The molecule has 17 heavy (non-hydrogen) atoms. The predicted molar refractivity (Wildman–Crippen MR) is 72.4 cm³/mol. The zero-order valence-electron chi connectivity index (χ0n) is 10.7. The lowest BCUT2D eigenvalue weighted by Crippen LogP contribution is -1.98. The van der Waals surface area contributed by atoms with E-state index in [1.807, 2.05) is 30.3 Å². The van der Waals surface area contributed by atoms with Gasteiger partial charge in [0.1, 0.15) is 5.75 Å². The second-order valence-corrected chi connectivity index (χ2v) is 4.03. The molecule has 1 aromatic carbocycles. The number of ether oxygens (including phenoxy) is 2. The monoisotopic (exact) mass is 234 g/mol. The van der Waals surface area contributed by atoms with Crippen LogP contribution < -0.4 is 4.74 Å². The second-order valence-electron chi connectivity index (χ2n) is 4.03. The van der Waals surface area contributed by atoms with Gasteiger partial charge in [0.05, 0.1) is 6.61 Å². The van der Waals surface area contributed by atoms with Crippen molar-refractivity contribution >= 4 is 6.08 Å². The van der Waals surface area contributed by atoms with Crippen molar-refractivity contribution in [3.8, 4) is 5.75 Å². The van der Waals surface area contributed by atoms with Gasteiger partial charge in [0.25, 0.3) is 0 Å². The van der Waals surface area contributed by atoms with Gasteiger partial charge in [0, 0.05) is 13.7 Å². The smallest absolute Gasteiger partial charge is 0.119 e. The summed E-state index contributed by atoms with van der Waals surface area (Å²) < 4.78 is 10.7. The zero-order chi connectivity index (χ0) is 12.3. The van der Waals surface area contributed by atoms with Gasteiger partial charge in [-0.2, -0.15) is 0 Å². The Balaban J connectivity index is 2.11. The third-order valence-electron chi connectivity index (χ3n) is 2.61. The van der Waals surface area contributed by atoms with Crippen molar-refractivity contribution in [3.05, 3.63) is 36.4 Å². The Morgan fingerprint density at radius 2 is 1.88 bits per heavy atom. The molecule has 0 aromatic heterocycles. The van der Waals surface area contributed by atoms with Crippen molar-refractivity contribution in [1.29, 1.82) is 0 Å². The van der Waals surface area contributed by atoms with E-state index >= 15 is 0 Å². The SMILES string of the molecule is C=Cc1cccc(OCCCCCCOC)c1. The van der Waals surface area contributed by atoms with Crippen LogP contribution in [0.25, 0.3) is 6.08 Å². The fourth-order valence-electron chi connectivity index (χ4n) is 1.62. The van der Waals surface area contributed by atoms with Gasteiger partial charge in [-0.1, -0.05) is 31.2 Å². The number of hydrogen-bond donors (Lipinski definition) is 0. The number of hydrogen-bond acceptors (Lipinski definition) is 2. The highest BCUT2D eigenvalue weighted by atomic mass is 16.5. The van der Waals surface area contributed by atoms with Gasteiger partial charge in [-0.15, -0.1) is 0 Å². The topological polar surface area (TPSA) is 18.5 Å². The lowest BCUT2D eigenvalue weighted by Gasteiger charge is -2.06. The number of rotatable bonds is 9. The van der Waals surface area contributed by atoms with E-state index in [4.69, 9.17) is 9.47 Å². The molecule has 0 aliphatic rings. The number of methoxy groups -OCH3 is 1. The number of benzene rings is 1. The van der Waals surface area contributed by atoms with Gasteiger partial charge in [0.2, 0.25) is 0 Å². The maximum Gasteiger partial charge on any atom is 0.119 e. The molecule has 0 atom stereocenters. The van der Waals surface area contributed by atoms with Crippen LogP contribution in [0.2, 0.25) is 0 Å². The van der Waals surface area contributed by atoms with Crippen LogP contribution in [-0.4, -0.2) is 20.3 Å². The summed E-state index contributed by atoms with van der Waals surface area (Å²) in [7, 11) is 1.75. The highest BCUT2D eigenvalue weighted by Gasteiger charge is 1.95. The van der Waals surface area contributed by atoms with Crippen LogP contribution in [0.1, 0.15) is 31.2 Å². The van der Waals surface area contributed by atoms with Crippen LogP contribution in [0.15, 0.2) is 30.8 Å². The molecule has 2 nitrogen and oxygen atoms in total. The van der Waals surface area contributed by atoms with Crippen molar-refractivity contribution in [2.75, 3.05) is 20.3 Å². The average molecular weight is 234 g/mol. The summed E-state index contributed by atoms with van der Waals surface area (Å²) in [6.07, 6.45) is 6.48. The molecule has 0 aliphatic heterocycles. The van der Waals surface area contributed by atoms with Crippen LogP contribution in [-0.2, 0) is 4.74 Å². The molecule has 0 bridgehead atoms. The number of unbranched alkanes of at least 4 members (excludes halogenated alkanes) is 3. The lowest BCUT2D eigenvalue weighted by molar-refractivity contribution is 0.191. The van der Waals surface area contributed by atoms with Crippen molar-refractivity contribution < 1.29 is 9.47 Å². The summed E-state index contributed by atoms with van der Waals surface area (Å²) in [4.78, 5) is 0. The van der Waals surface area contributed by atoms with E-state index in [1.165, 1.54) is 12.8 Å². The molecule has 0 fully saturated rings. The quantitative estimate of drug-likeness (QED) is 0.603. The molecule has 0 N–H and O–H groups in total. The predicted octanol–water partition coefficient (Wildman–Crippen LogP) is 3.92. The molecule has 0 spiro atoms. The minimum absolute atomic E-state index is 0.785. The first-order valence-electron chi connectivity index (χ1n) is 6.21. The molecule has 1 aromatic rings. The molecular weight excluding hydrogens is 212 g/mol. The zero-order valence-corrected chi connectivity index (χ0v) is 10.7. The van der Waals surface area contributed by atoms with E-state index in [0.29, 0.717) is 0 Å². The summed E-state index contributed by atoms with van der Waals surface area (Å²) in [5, 5.41) is 0. The van der Waals surface area contributed by atoms with E-state index in [0.717, 1.165) is 37.4 Å². The first kappa shape index (κ1) is 13.8. The van der Waals surface area contributed by atoms with E-state index in [-0.39, 0.29) is 0 Å². The molecular formula is C15H22O2. The molecule has 0 saturated heterocycles. The third-order valence-corrected chi connectivity index (χ3v) is 2.61. The Morgan fingerprint density at radius 3 is 2.59 bits per heavy atom. The van der Waals surface area contributed by atoms with E-state index in [2.05, 4.69) is 6.58 Å². The van der Waals surface area contributed by atoms with Crippen LogP contribution in [0.5, 0.6) is 5.75 Å². The van der Waals surface area contributed by atoms with Gasteiger partial charge in [0.15, 0.2) is 0 Å². The molecule has 0 saturated carbocycles. The first-order chi connectivity index (χ1) is 8.36. The van der Waals surface area contributed by atoms with Gasteiger partial charge >= 0.3 is 0 Å². The summed E-state index contributed by atoms with van der Waals surface area (Å²) in [6.45, 7) is 5.39. The maximum atomic E-state index is 5.68. The summed E-state index contributed by atoms with van der Waals surface area (Å²) in [5.41, 5.74) is 1.10. The van der Waals surface area contributed by atoms with Crippen LogP contribution >= 0.6 is 0 Å². The molecule has 0 radical (unpaired) electrons. The fraction of sp³-hybridized carbons (Fsp3) is 0.467. The summed E-state index contributed by atoms with van der Waals surface area (Å²) >= 11 is 0. The van der Waals surface area contributed by atoms with Crippen molar-refractivity contribution in [3.63, 3.8) is 0 Å².